The fourth-order valence-corrected chi connectivity index (χ4v) is 3.11. The zero-order valence-corrected chi connectivity index (χ0v) is 10.8. The minimum Gasteiger partial charge on any atom is -0.481 e. The minimum absolute atomic E-state index is 0.125. The molecule has 1 N–H and O–H groups in total. The van der Waals surface area contributed by atoms with E-state index in [0.717, 1.165) is 5.56 Å². The zero-order valence-electron chi connectivity index (χ0n) is 10.8. The predicted octanol–water partition coefficient (Wildman–Crippen LogP) is 0.142. The summed E-state index contributed by atoms with van der Waals surface area (Å²) in [5.74, 6) is -0.403. The van der Waals surface area contributed by atoms with Crippen LogP contribution in [0.1, 0.15) is 12.0 Å². The Hall–Kier alpha value is -1.85. The van der Waals surface area contributed by atoms with E-state index in [1.807, 2.05) is 18.1 Å². The van der Waals surface area contributed by atoms with Crippen molar-refractivity contribution in [2.45, 2.75) is 12.8 Å². The molecule has 1 aliphatic carbocycles. The third kappa shape index (κ3) is 2.22. The van der Waals surface area contributed by atoms with Crippen LogP contribution in [-0.4, -0.2) is 44.8 Å². The summed E-state index contributed by atoms with van der Waals surface area (Å²) in [6.07, 6.45) is 4.86. The number of aryl methyl sites for hydroxylation is 2. The second kappa shape index (κ2) is 4.36. The maximum absolute atomic E-state index is 12.0. The van der Waals surface area contributed by atoms with Crippen molar-refractivity contribution in [3.63, 3.8) is 0 Å². The SMILES string of the molecule is Cn1cc(CCC(=O)N2C[C@@H]3C(C(=O)O)[C@@H]3C2)cn1. The fourth-order valence-electron chi connectivity index (χ4n) is 3.11. The number of amides is 1. The van der Waals surface area contributed by atoms with Gasteiger partial charge in [-0.15, -0.1) is 0 Å². The quantitative estimate of drug-likeness (QED) is 0.838. The topological polar surface area (TPSA) is 75.4 Å². The van der Waals surface area contributed by atoms with Crippen molar-refractivity contribution in [1.82, 2.24) is 14.7 Å². The number of hydrogen-bond acceptors (Lipinski definition) is 3. The molecule has 19 heavy (non-hydrogen) atoms. The number of fused-ring (bicyclic) bond motifs is 1. The molecule has 6 heteroatoms. The third-order valence-corrected chi connectivity index (χ3v) is 4.22. The van der Waals surface area contributed by atoms with Gasteiger partial charge >= 0.3 is 5.97 Å². The molecule has 2 aliphatic rings. The average Bonchev–Trinajstić information content (AvgIpc) is 2.74. The average molecular weight is 263 g/mol. The Kier molecular flexibility index (Phi) is 2.80. The summed E-state index contributed by atoms with van der Waals surface area (Å²) in [6, 6.07) is 0. The molecular weight excluding hydrogens is 246 g/mol. The van der Waals surface area contributed by atoms with Gasteiger partial charge in [0.05, 0.1) is 12.1 Å². The number of aromatic nitrogens is 2. The molecule has 1 aromatic heterocycles. The maximum atomic E-state index is 12.0. The van der Waals surface area contributed by atoms with Gasteiger partial charge in [-0.25, -0.2) is 0 Å². The van der Waals surface area contributed by atoms with Crippen LogP contribution in [0.25, 0.3) is 0 Å². The molecular formula is C13H17N3O3. The van der Waals surface area contributed by atoms with Crippen molar-refractivity contribution in [1.29, 1.82) is 0 Å². The Bertz CT molecular complexity index is 513. The van der Waals surface area contributed by atoms with Gasteiger partial charge < -0.3 is 10.0 Å². The van der Waals surface area contributed by atoms with Crippen LogP contribution in [0.15, 0.2) is 12.4 Å². The molecule has 6 nitrogen and oxygen atoms in total. The second-order valence-corrected chi connectivity index (χ2v) is 5.51. The molecule has 0 aromatic carbocycles. The first kappa shape index (κ1) is 12.2. The van der Waals surface area contributed by atoms with Gasteiger partial charge in [0, 0.05) is 32.8 Å². The highest BCUT2D eigenvalue weighted by atomic mass is 16.4. The Morgan fingerprint density at radius 3 is 2.63 bits per heavy atom. The summed E-state index contributed by atoms with van der Waals surface area (Å²) in [4.78, 5) is 24.7. The highest BCUT2D eigenvalue weighted by molar-refractivity contribution is 5.79. The van der Waals surface area contributed by atoms with Gasteiger partial charge in [0.2, 0.25) is 5.91 Å². The minimum atomic E-state index is -0.711. The van der Waals surface area contributed by atoms with Gasteiger partial charge in [0.15, 0.2) is 0 Å². The molecule has 1 saturated heterocycles. The van der Waals surface area contributed by atoms with Crippen LogP contribution < -0.4 is 0 Å². The number of carboxylic acids is 1. The van der Waals surface area contributed by atoms with Gasteiger partial charge in [-0.1, -0.05) is 0 Å². The number of rotatable bonds is 4. The summed E-state index contributed by atoms with van der Waals surface area (Å²) >= 11 is 0. The van der Waals surface area contributed by atoms with E-state index in [0.29, 0.717) is 25.9 Å². The molecule has 1 unspecified atom stereocenters. The number of nitrogens with zero attached hydrogens (tertiary/aromatic N) is 3. The summed E-state index contributed by atoms with van der Waals surface area (Å²) in [5, 5.41) is 13.0. The molecule has 0 radical (unpaired) electrons. The van der Waals surface area contributed by atoms with Crippen molar-refractivity contribution in [3.05, 3.63) is 18.0 Å². The molecule has 0 bridgehead atoms. The summed E-state index contributed by atoms with van der Waals surface area (Å²) in [6.45, 7) is 1.24. The highest BCUT2D eigenvalue weighted by Gasteiger charge is 2.60. The van der Waals surface area contributed by atoms with Crippen molar-refractivity contribution >= 4 is 11.9 Å². The van der Waals surface area contributed by atoms with E-state index in [-0.39, 0.29) is 23.7 Å². The first-order valence-corrected chi connectivity index (χ1v) is 6.54. The number of hydrogen-bond donors (Lipinski definition) is 1. The van der Waals surface area contributed by atoms with E-state index < -0.39 is 5.97 Å². The van der Waals surface area contributed by atoms with Gasteiger partial charge in [-0.3, -0.25) is 14.3 Å². The Labute approximate surface area is 111 Å². The normalized spacial score (nSPS) is 28.3. The molecule has 1 amide bonds. The van der Waals surface area contributed by atoms with Crippen LogP contribution in [0, 0.1) is 17.8 Å². The maximum Gasteiger partial charge on any atom is 0.307 e. The number of likely N-dealkylation sites (tertiary alicyclic amines) is 1. The smallest absolute Gasteiger partial charge is 0.307 e. The number of carbonyl (C=O) groups is 2. The fraction of sp³-hybridized carbons (Fsp3) is 0.615. The lowest BCUT2D eigenvalue weighted by molar-refractivity contribution is -0.141. The lowest BCUT2D eigenvalue weighted by Gasteiger charge is -2.18. The number of aliphatic carboxylic acids is 1. The number of carboxylic acid groups (broad SMARTS) is 1. The lowest BCUT2D eigenvalue weighted by atomic mass is 10.2. The molecule has 2 heterocycles. The molecule has 1 saturated carbocycles. The van der Waals surface area contributed by atoms with Crippen molar-refractivity contribution in [2.24, 2.45) is 24.8 Å². The van der Waals surface area contributed by atoms with Gasteiger partial charge in [-0.05, 0) is 23.8 Å². The van der Waals surface area contributed by atoms with Gasteiger partial charge in [-0.2, -0.15) is 5.10 Å². The zero-order chi connectivity index (χ0) is 13.6. The molecule has 2 fully saturated rings. The predicted molar refractivity (Wildman–Crippen MR) is 66.2 cm³/mol. The van der Waals surface area contributed by atoms with Crippen LogP contribution in [0.5, 0.6) is 0 Å². The first-order valence-electron chi connectivity index (χ1n) is 6.54. The van der Waals surface area contributed by atoms with Crippen molar-refractivity contribution in [2.75, 3.05) is 13.1 Å². The largest absolute Gasteiger partial charge is 0.481 e. The second-order valence-electron chi connectivity index (χ2n) is 5.51. The highest BCUT2D eigenvalue weighted by Crippen LogP contribution is 2.51. The van der Waals surface area contributed by atoms with Crippen molar-refractivity contribution < 1.29 is 14.7 Å². The molecule has 0 spiro atoms. The lowest BCUT2D eigenvalue weighted by Crippen LogP contribution is -2.32. The Morgan fingerprint density at radius 1 is 1.42 bits per heavy atom. The van der Waals surface area contributed by atoms with Gasteiger partial charge in [0.25, 0.3) is 0 Å². The monoisotopic (exact) mass is 263 g/mol. The van der Waals surface area contributed by atoms with E-state index in [1.165, 1.54) is 0 Å². The van der Waals surface area contributed by atoms with E-state index in [1.54, 1.807) is 10.9 Å². The number of carbonyl (C=O) groups excluding carboxylic acids is 1. The Morgan fingerprint density at radius 2 is 2.11 bits per heavy atom. The van der Waals surface area contributed by atoms with Crippen molar-refractivity contribution in [3.8, 4) is 0 Å². The summed E-state index contributed by atoms with van der Waals surface area (Å²) < 4.78 is 1.72. The van der Waals surface area contributed by atoms with E-state index in [4.69, 9.17) is 5.11 Å². The first-order chi connectivity index (χ1) is 9.06. The van der Waals surface area contributed by atoms with Crippen LogP contribution >= 0.6 is 0 Å². The molecule has 1 aliphatic heterocycles. The summed E-state index contributed by atoms with van der Waals surface area (Å²) in [7, 11) is 1.85. The van der Waals surface area contributed by atoms with E-state index in [2.05, 4.69) is 5.10 Å². The van der Waals surface area contributed by atoms with E-state index in [9.17, 15) is 9.59 Å². The molecule has 1 aromatic rings. The third-order valence-electron chi connectivity index (χ3n) is 4.22. The standard InChI is InChI=1S/C13H17N3O3/c1-15-5-8(4-14-15)2-3-11(17)16-6-9-10(7-16)12(9)13(18)19/h4-5,9-10,12H,2-3,6-7H2,1H3,(H,18,19)/t9-,10+,12?. The molecule has 3 atom stereocenters. The van der Waals surface area contributed by atoms with E-state index >= 15 is 0 Å². The molecule has 3 rings (SSSR count). The summed E-state index contributed by atoms with van der Waals surface area (Å²) in [5.41, 5.74) is 1.06. The van der Waals surface area contributed by atoms with Crippen LogP contribution in [0.2, 0.25) is 0 Å². The van der Waals surface area contributed by atoms with Crippen LogP contribution in [-0.2, 0) is 23.1 Å². The van der Waals surface area contributed by atoms with Crippen LogP contribution in [0.3, 0.4) is 0 Å². The molecule has 102 valence electrons. The Balaban J connectivity index is 1.47. The van der Waals surface area contributed by atoms with Gasteiger partial charge in [0.1, 0.15) is 0 Å². The number of piperidine rings is 1. The van der Waals surface area contributed by atoms with Crippen LogP contribution in [0.4, 0.5) is 0 Å².